The molecule has 246 valence electrons. The number of carbonyl (C=O) groups excluding carboxylic acids is 2. The molecule has 2 saturated carbocycles. The van der Waals surface area contributed by atoms with Crippen molar-refractivity contribution >= 4 is 20.0 Å². The first-order valence-electron chi connectivity index (χ1n) is 15.9. The summed E-state index contributed by atoms with van der Waals surface area (Å²) in [7, 11) is 0.175. The number of aryl methyl sites for hydroxylation is 1. The second-order valence-electron chi connectivity index (χ2n) is 14.7. The normalized spacial score (nSPS) is 29.9. The molecule has 2 saturated heterocycles. The zero-order chi connectivity index (χ0) is 32.1. The van der Waals surface area contributed by atoms with Gasteiger partial charge < -0.3 is 19.5 Å². The summed E-state index contributed by atoms with van der Waals surface area (Å²) in [6.45, 7) is 8.57. The number of methoxy groups -OCH3 is 1. The molecule has 4 atom stereocenters. The Labute approximate surface area is 259 Å². The number of piperidine rings is 1. The Morgan fingerprint density at radius 2 is 1.84 bits per heavy atom. The van der Waals surface area contributed by atoms with Crippen LogP contribution in [-0.2, 0) is 16.0 Å². The van der Waals surface area contributed by atoms with Crippen LogP contribution in [-0.4, -0.2) is 103 Å². The summed E-state index contributed by atoms with van der Waals surface area (Å²) in [5.74, 6) is 0.278. The molecule has 2 aliphatic heterocycles. The number of hydrogen-bond donors (Lipinski definition) is 1. The van der Waals surface area contributed by atoms with E-state index in [9.17, 15) is 27.9 Å². The van der Waals surface area contributed by atoms with Crippen LogP contribution in [0.1, 0.15) is 49.7 Å². The predicted molar refractivity (Wildman–Crippen MR) is 163 cm³/mol. The Hall–Kier alpha value is -2.15. The van der Waals surface area contributed by atoms with Gasteiger partial charge in [-0.05, 0) is 99.6 Å². The van der Waals surface area contributed by atoms with E-state index in [1.54, 1.807) is 7.11 Å². The number of carbonyl (C=O) groups is 2. The third-order valence-electron chi connectivity index (χ3n) is 10.3. The maximum atomic E-state index is 14.0. The molecule has 5 rings (SSSR count). The molecule has 0 radical (unpaired) electrons. The molecule has 3 amide bonds. The van der Waals surface area contributed by atoms with Crippen LogP contribution in [0.4, 0.5) is 18.0 Å². The first-order valence-corrected chi connectivity index (χ1v) is 19.6. The monoisotopic (exact) mass is 639 g/mol. The number of urea groups is 1. The molecule has 4 aliphatic rings. The third-order valence-corrected chi connectivity index (χ3v) is 12.0. The average molecular weight is 640 g/mol. The maximum Gasteiger partial charge on any atom is 0.406 e. The standard InChI is InChI=1S/C32H48F3N3O5Si/c1-22-16-26(42-2)9-8-24(22)17-27-31(41)12-11-30(18-25(31)10-13-36(27)19-23-6-7-23)28(39)37(21-43-14-15-44(3,4)5)29(40)38(30)20-32(33,34)35/h8-9,16,23,25,27,41H,6-7,10-15,17-21H2,1-5H3/t25-,27-,30+,31+/m1/s1. The molecule has 2 heterocycles. The minimum Gasteiger partial charge on any atom is -0.497 e. The van der Waals surface area contributed by atoms with Gasteiger partial charge >= 0.3 is 12.2 Å². The van der Waals surface area contributed by atoms with Crippen molar-refractivity contribution in [2.75, 3.05) is 40.1 Å². The van der Waals surface area contributed by atoms with Gasteiger partial charge in [0, 0.05) is 27.3 Å². The Balaban J connectivity index is 1.41. The molecular weight excluding hydrogens is 591 g/mol. The van der Waals surface area contributed by atoms with Crippen molar-refractivity contribution < 1.29 is 37.3 Å². The van der Waals surface area contributed by atoms with E-state index in [0.29, 0.717) is 31.9 Å². The average Bonchev–Trinajstić information content (AvgIpc) is 3.73. The number of likely N-dealkylation sites (tertiary alicyclic amines) is 1. The molecule has 1 spiro atoms. The van der Waals surface area contributed by atoms with E-state index in [-0.39, 0.29) is 32.0 Å². The Morgan fingerprint density at radius 1 is 1.11 bits per heavy atom. The van der Waals surface area contributed by atoms with Gasteiger partial charge in [-0.15, -0.1) is 0 Å². The molecule has 0 aromatic heterocycles. The van der Waals surface area contributed by atoms with Crippen molar-refractivity contribution in [1.29, 1.82) is 0 Å². The van der Waals surface area contributed by atoms with Crippen LogP contribution in [0, 0.1) is 18.8 Å². The van der Waals surface area contributed by atoms with Crippen LogP contribution < -0.4 is 4.74 Å². The Kier molecular flexibility index (Phi) is 9.23. The lowest BCUT2D eigenvalue weighted by molar-refractivity contribution is -0.182. The van der Waals surface area contributed by atoms with Crippen LogP contribution in [0.25, 0.3) is 0 Å². The number of hydrogen-bond acceptors (Lipinski definition) is 6. The molecule has 12 heteroatoms. The summed E-state index contributed by atoms with van der Waals surface area (Å²) in [6, 6.07) is 5.50. The summed E-state index contributed by atoms with van der Waals surface area (Å²) in [5.41, 5.74) is -0.728. The second kappa shape index (κ2) is 12.2. The zero-order valence-corrected chi connectivity index (χ0v) is 27.7. The van der Waals surface area contributed by atoms with Crippen LogP contribution in [0.15, 0.2) is 18.2 Å². The van der Waals surface area contributed by atoms with Gasteiger partial charge in [0.05, 0.1) is 12.7 Å². The number of aliphatic hydroxyl groups is 1. The summed E-state index contributed by atoms with van der Waals surface area (Å²) in [4.78, 5) is 31.4. The fourth-order valence-corrected chi connectivity index (χ4v) is 8.30. The number of benzene rings is 1. The molecular formula is C32H48F3N3O5Si. The Bertz CT molecular complexity index is 1240. The van der Waals surface area contributed by atoms with Gasteiger partial charge in [0.25, 0.3) is 5.91 Å². The number of halogens is 3. The highest BCUT2D eigenvalue weighted by molar-refractivity contribution is 6.76. The van der Waals surface area contributed by atoms with Crippen LogP contribution in [0.3, 0.4) is 0 Å². The largest absolute Gasteiger partial charge is 0.497 e. The van der Waals surface area contributed by atoms with E-state index >= 15 is 0 Å². The van der Waals surface area contributed by atoms with Gasteiger partial charge in [-0.1, -0.05) is 25.7 Å². The molecule has 1 N–H and O–H groups in total. The zero-order valence-electron chi connectivity index (χ0n) is 26.7. The molecule has 2 aliphatic carbocycles. The number of ether oxygens (including phenoxy) is 2. The SMILES string of the molecule is COc1ccc(C[C@H]2N(CC3CC3)CC[C@@H]3C[C@@]4(CC[C@]32O)C(=O)N(COCC[Si](C)(C)C)C(=O)N4CC(F)(F)F)c(C)c1. The van der Waals surface area contributed by atoms with Crippen molar-refractivity contribution in [1.82, 2.24) is 14.7 Å². The first kappa shape index (κ1) is 33.2. The lowest BCUT2D eigenvalue weighted by atomic mass is 9.60. The van der Waals surface area contributed by atoms with Gasteiger partial charge in [0.15, 0.2) is 0 Å². The van der Waals surface area contributed by atoms with Crippen LogP contribution in [0.5, 0.6) is 5.75 Å². The second-order valence-corrected chi connectivity index (χ2v) is 20.3. The lowest BCUT2D eigenvalue weighted by Gasteiger charge is -2.57. The number of fused-ring (bicyclic) bond motifs is 1. The van der Waals surface area contributed by atoms with Gasteiger partial charge in [-0.25, -0.2) is 9.69 Å². The van der Waals surface area contributed by atoms with E-state index in [0.717, 1.165) is 52.1 Å². The van der Waals surface area contributed by atoms with Crippen molar-refractivity contribution in [2.45, 2.75) is 101 Å². The maximum absolute atomic E-state index is 14.0. The van der Waals surface area contributed by atoms with Gasteiger partial charge in [-0.3, -0.25) is 9.69 Å². The fourth-order valence-electron chi connectivity index (χ4n) is 7.54. The van der Waals surface area contributed by atoms with Gasteiger partial charge in [-0.2, -0.15) is 13.2 Å². The van der Waals surface area contributed by atoms with E-state index in [4.69, 9.17) is 9.47 Å². The van der Waals surface area contributed by atoms with E-state index < -0.39 is 49.8 Å². The van der Waals surface area contributed by atoms with Crippen LogP contribution in [0.2, 0.25) is 25.7 Å². The summed E-state index contributed by atoms with van der Waals surface area (Å²) >= 11 is 0. The minimum atomic E-state index is -4.67. The first-order chi connectivity index (χ1) is 20.6. The number of rotatable bonds is 11. The molecule has 1 aromatic carbocycles. The van der Waals surface area contributed by atoms with Crippen LogP contribution >= 0.6 is 0 Å². The van der Waals surface area contributed by atoms with E-state index in [1.807, 2.05) is 25.1 Å². The molecule has 0 unspecified atom stereocenters. The molecule has 0 bridgehead atoms. The summed E-state index contributed by atoms with van der Waals surface area (Å²) < 4.78 is 52.7. The quantitative estimate of drug-likeness (QED) is 0.197. The molecule has 44 heavy (non-hydrogen) atoms. The number of amides is 3. The number of alkyl halides is 3. The summed E-state index contributed by atoms with van der Waals surface area (Å²) in [6.07, 6.45) is -1.10. The van der Waals surface area contributed by atoms with Gasteiger partial charge in [0.2, 0.25) is 0 Å². The number of imide groups is 1. The van der Waals surface area contributed by atoms with E-state index in [1.165, 1.54) is 0 Å². The van der Waals surface area contributed by atoms with Crippen molar-refractivity contribution in [3.8, 4) is 5.75 Å². The summed E-state index contributed by atoms with van der Waals surface area (Å²) in [5, 5.41) is 12.5. The van der Waals surface area contributed by atoms with Gasteiger partial charge in [0.1, 0.15) is 24.6 Å². The molecule has 8 nitrogen and oxygen atoms in total. The third kappa shape index (κ3) is 6.83. The fraction of sp³-hybridized carbons (Fsp3) is 0.750. The minimum absolute atomic E-state index is 0.00488. The topological polar surface area (TPSA) is 82.5 Å². The highest BCUT2D eigenvalue weighted by atomic mass is 28.3. The smallest absolute Gasteiger partial charge is 0.406 e. The van der Waals surface area contributed by atoms with Crippen molar-refractivity contribution in [3.63, 3.8) is 0 Å². The highest BCUT2D eigenvalue weighted by Gasteiger charge is 2.66. The predicted octanol–water partition coefficient (Wildman–Crippen LogP) is 5.44. The lowest BCUT2D eigenvalue weighted by Crippen LogP contribution is -2.68. The Morgan fingerprint density at radius 3 is 2.45 bits per heavy atom. The van der Waals surface area contributed by atoms with Crippen molar-refractivity contribution in [3.05, 3.63) is 29.3 Å². The molecule has 4 fully saturated rings. The van der Waals surface area contributed by atoms with E-state index in [2.05, 4.69) is 24.5 Å². The highest BCUT2D eigenvalue weighted by Crippen LogP contribution is 2.53. The molecule has 1 aromatic rings. The van der Waals surface area contributed by atoms with Crippen molar-refractivity contribution in [2.24, 2.45) is 11.8 Å². The number of nitrogens with zero attached hydrogens (tertiary/aromatic N) is 3.